The molecule has 1 aliphatic rings. The molecule has 0 spiro atoms. The summed E-state index contributed by atoms with van der Waals surface area (Å²) in [6.07, 6.45) is 6.11. The number of carbonyl (C=O) groups excluding carboxylic acids is 1. The highest BCUT2D eigenvalue weighted by molar-refractivity contribution is 5.81. The minimum atomic E-state index is -0.126. The van der Waals surface area contributed by atoms with E-state index in [2.05, 4.69) is 11.8 Å². The lowest BCUT2D eigenvalue weighted by atomic mass is 9.93. The number of rotatable bonds is 7. The molecule has 4 heteroatoms. The Morgan fingerprint density at radius 2 is 1.84 bits per heavy atom. The van der Waals surface area contributed by atoms with E-state index in [0.29, 0.717) is 12.6 Å². The third-order valence-corrected chi connectivity index (χ3v) is 4.34. The van der Waals surface area contributed by atoms with Crippen molar-refractivity contribution in [2.24, 2.45) is 0 Å². The van der Waals surface area contributed by atoms with Crippen molar-refractivity contribution in [3.63, 3.8) is 0 Å². The highest BCUT2D eigenvalue weighted by Crippen LogP contribution is 2.23. The Hall–Kier alpha value is -0.610. The first-order valence-electron chi connectivity index (χ1n) is 7.81. The monoisotopic (exact) mass is 270 g/mol. The van der Waals surface area contributed by atoms with E-state index >= 15 is 0 Å². The van der Waals surface area contributed by atoms with Gasteiger partial charge in [0.05, 0.1) is 12.6 Å². The van der Waals surface area contributed by atoms with Crippen LogP contribution in [0.4, 0.5) is 0 Å². The van der Waals surface area contributed by atoms with Crippen molar-refractivity contribution >= 4 is 5.91 Å². The highest BCUT2D eigenvalue weighted by Gasteiger charge is 2.29. The second-order valence-corrected chi connectivity index (χ2v) is 5.44. The Morgan fingerprint density at radius 3 is 2.32 bits per heavy atom. The van der Waals surface area contributed by atoms with E-state index in [0.717, 1.165) is 25.9 Å². The summed E-state index contributed by atoms with van der Waals surface area (Å²) >= 11 is 0. The fourth-order valence-corrected chi connectivity index (χ4v) is 3.14. The van der Waals surface area contributed by atoms with Crippen LogP contribution >= 0.6 is 0 Å². The van der Waals surface area contributed by atoms with Crippen molar-refractivity contribution in [1.29, 1.82) is 0 Å². The zero-order valence-electron chi connectivity index (χ0n) is 12.8. The van der Waals surface area contributed by atoms with Gasteiger partial charge in [-0.15, -0.1) is 0 Å². The summed E-state index contributed by atoms with van der Waals surface area (Å²) in [7, 11) is 0. The maximum absolute atomic E-state index is 12.7. The van der Waals surface area contributed by atoms with Gasteiger partial charge in [-0.2, -0.15) is 0 Å². The fraction of sp³-hybridized carbons (Fsp3) is 0.933. The Kier molecular flexibility index (Phi) is 7.39. The lowest BCUT2D eigenvalue weighted by Crippen LogP contribution is -2.51. The van der Waals surface area contributed by atoms with Crippen LogP contribution in [0.15, 0.2) is 0 Å². The second-order valence-electron chi connectivity index (χ2n) is 5.44. The standard InChI is InChI=1S/C15H30N2O2/c1-4-16(11-12-18)13(3)15(19)17(5-2)14-9-7-6-8-10-14/h13-14,18H,4-12H2,1-3H3. The van der Waals surface area contributed by atoms with Crippen LogP contribution < -0.4 is 0 Å². The smallest absolute Gasteiger partial charge is 0.239 e. The first-order chi connectivity index (χ1) is 9.15. The zero-order valence-corrected chi connectivity index (χ0v) is 12.8. The summed E-state index contributed by atoms with van der Waals surface area (Å²) in [5, 5.41) is 9.08. The zero-order chi connectivity index (χ0) is 14.3. The number of hydrogen-bond acceptors (Lipinski definition) is 3. The van der Waals surface area contributed by atoms with Crippen LogP contribution in [0.2, 0.25) is 0 Å². The van der Waals surface area contributed by atoms with Crippen molar-refractivity contribution in [2.75, 3.05) is 26.2 Å². The molecule has 4 nitrogen and oxygen atoms in total. The molecule has 0 saturated heterocycles. The molecule has 112 valence electrons. The summed E-state index contributed by atoms with van der Waals surface area (Å²) in [4.78, 5) is 16.8. The Balaban J connectivity index is 2.65. The molecular formula is C15H30N2O2. The van der Waals surface area contributed by atoms with Crippen LogP contribution in [-0.4, -0.2) is 59.1 Å². The number of likely N-dealkylation sites (N-methyl/N-ethyl adjacent to an activating group) is 2. The molecule has 1 saturated carbocycles. The lowest BCUT2D eigenvalue weighted by Gasteiger charge is -2.37. The van der Waals surface area contributed by atoms with Crippen molar-refractivity contribution in [1.82, 2.24) is 9.80 Å². The van der Waals surface area contributed by atoms with Gasteiger partial charge in [0.15, 0.2) is 0 Å². The lowest BCUT2D eigenvalue weighted by molar-refractivity contribution is -0.139. The molecule has 0 radical (unpaired) electrons. The summed E-state index contributed by atoms with van der Waals surface area (Å²) < 4.78 is 0. The predicted molar refractivity (Wildman–Crippen MR) is 78.1 cm³/mol. The average Bonchev–Trinajstić information content (AvgIpc) is 2.45. The fourth-order valence-electron chi connectivity index (χ4n) is 3.14. The number of amides is 1. The van der Waals surface area contributed by atoms with Gasteiger partial charge in [-0.1, -0.05) is 26.2 Å². The minimum absolute atomic E-state index is 0.112. The number of nitrogens with zero attached hydrogens (tertiary/aromatic N) is 2. The van der Waals surface area contributed by atoms with Crippen LogP contribution in [0.1, 0.15) is 52.9 Å². The van der Waals surface area contributed by atoms with Gasteiger partial charge >= 0.3 is 0 Å². The third-order valence-electron chi connectivity index (χ3n) is 4.34. The largest absolute Gasteiger partial charge is 0.395 e. The molecule has 19 heavy (non-hydrogen) atoms. The molecule has 0 aliphatic heterocycles. The first-order valence-corrected chi connectivity index (χ1v) is 7.81. The van der Waals surface area contributed by atoms with E-state index in [4.69, 9.17) is 5.11 Å². The number of aliphatic hydroxyl groups is 1. The molecule has 1 atom stereocenters. The highest BCUT2D eigenvalue weighted by atomic mass is 16.3. The number of hydrogen-bond donors (Lipinski definition) is 1. The van der Waals surface area contributed by atoms with Gasteiger partial charge in [0, 0.05) is 19.1 Å². The number of aliphatic hydroxyl groups excluding tert-OH is 1. The van der Waals surface area contributed by atoms with Crippen LogP contribution in [0.5, 0.6) is 0 Å². The van der Waals surface area contributed by atoms with Gasteiger partial charge < -0.3 is 10.0 Å². The quantitative estimate of drug-likeness (QED) is 0.768. The normalized spacial score (nSPS) is 18.6. The van der Waals surface area contributed by atoms with Crippen LogP contribution in [0.25, 0.3) is 0 Å². The Labute approximate surface area is 117 Å². The molecule has 0 aromatic heterocycles. The van der Waals surface area contributed by atoms with Crippen molar-refractivity contribution in [3.05, 3.63) is 0 Å². The third kappa shape index (κ3) is 4.46. The van der Waals surface area contributed by atoms with E-state index in [9.17, 15) is 4.79 Å². The molecule has 1 fully saturated rings. The maximum atomic E-state index is 12.7. The molecular weight excluding hydrogens is 240 g/mol. The molecule has 1 unspecified atom stereocenters. The molecule has 1 amide bonds. The molecule has 1 aliphatic carbocycles. The Bertz CT molecular complexity index is 265. The first kappa shape index (κ1) is 16.4. The minimum Gasteiger partial charge on any atom is -0.395 e. The molecule has 1 N–H and O–H groups in total. The van der Waals surface area contributed by atoms with Gasteiger partial charge in [0.2, 0.25) is 5.91 Å². The number of carbonyl (C=O) groups is 1. The van der Waals surface area contributed by atoms with Gasteiger partial charge in [-0.3, -0.25) is 9.69 Å². The van der Waals surface area contributed by atoms with Gasteiger partial charge in [-0.05, 0) is 33.2 Å². The van der Waals surface area contributed by atoms with Gasteiger partial charge in [0.25, 0.3) is 0 Å². The van der Waals surface area contributed by atoms with E-state index in [1.807, 2.05) is 18.7 Å². The SMILES string of the molecule is CCN(CCO)C(C)C(=O)N(CC)C1CCCCC1. The van der Waals surface area contributed by atoms with Crippen LogP contribution in [-0.2, 0) is 4.79 Å². The topological polar surface area (TPSA) is 43.8 Å². The van der Waals surface area contributed by atoms with Crippen LogP contribution in [0.3, 0.4) is 0 Å². The summed E-state index contributed by atoms with van der Waals surface area (Å²) in [5.41, 5.74) is 0. The van der Waals surface area contributed by atoms with E-state index in [-0.39, 0.29) is 18.6 Å². The van der Waals surface area contributed by atoms with E-state index in [1.54, 1.807) is 0 Å². The van der Waals surface area contributed by atoms with Crippen molar-refractivity contribution in [3.8, 4) is 0 Å². The molecule has 0 heterocycles. The second kappa shape index (κ2) is 8.54. The van der Waals surface area contributed by atoms with E-state index < -0.39 is 0 Å². The van der Waals surface area contributed by atoms with Crippen molar-refractivity contribution < 1.29 is 9.90 Å². The average molecular weight is 270 g/mol. The van der Waals surface area contributed by atoms with Crippen molar-refractivity contribution in [2.45, 2.75) is 65.0 Å². The van der Waals surface area contributed by atoms with Gasteiger partial charge in [0.1, 0.15) is 0 Å². The molecule has 0 bridgehead atoms. The molecule has 1 rings (SSSR count). The maximum Gasteiger partial charge on any atom is 0.239 e. The summed E-state index contributed by atoms with van der Waals surface area (Å²) in [6.45, 7) is 8.36. The Morgan fingerprint density at radius 1 is 1.21 bits per heavy atom. The van der Waals surface area contributed by atoms with E-state index in [1.165, 1.54) is 19.3 Å². The van der Waals surface area contributed by atoms with Gasteiger partial charge in [-0.25, -0.2) is 0 Å². The molecule has 0 aromatic carbocycles. The molecule has 0 aromatic rings. The summed E-state index contributed by atoms with van der Waals surface area (Å²) in [6, 6.07) is 0.306. The van der Waals surface area contributed by atoms with Crippen LogP contribution in [0, 0.1) is 0 Å². The predicted octanol–water partition coefficient (Wildman–Crippen LogP) is 1.87. The summed E-state index contributed by atoms with van der Waals surface area (Å²) in [5.74, 6) is 0.227.